The summed E-state index contributed by atoms with van der Waals surface area (Å²) in [4.78, 5) is 14.2. The number of carboxylic acid groups (broad SMARTS) is 1. The van der Waals surface area contributed by atoms with E-state index in [1.165, 1.54) is 5.56 Å². The van der Waals surface area contributed by atoms with Crippen LogP contribution in [0.15, 0.2) is 60.7 Å². The van der Waals surface area contributed by atoms with Gasteiger partial charge in [-0.25, -0.2) is 0 Å². The Morgan fingerprint density at radius 3 is 2.35 bits per heavy atom. The Labute approximate surface area is 155 Å². The van der Waals surface area contributed by atoms with Crippen LogP contribution in [0.2, 0.25) is 0 Å². The molecule has 1 aliphatic heterocycles. The Morgan fingerprint density at radius 2 is 1.73 bits per heavy atom. The molecule has 3 rings (SSSR count). The third kappa shape index (κ3) is 5.16. The first-order chi connectivity index (χ1) is 12.6. The van der Waals surface area contributed by atoms with Gasteiger partial charge in [0.25, 0.3) is 0 Å². The van der Waals surface area contributed by atoms with Crippen molar-refractivity contribution < 1.29 is 9.90 Å². The molecule has 0 amide bonds. The van der Waals surface area contributed by atoms with E-state index >= 15 is 0 Å². The van der Waals surface area contributed by atoms with Gasteiger partial charge < -0.3 is 10.4 Å². The van der Waals surface area contributed by atoms with Crippen molar-refractivity contribution in [3.05, 3.63) is 71.8 Å². The van der Waals surface area contributed by atoms with Crippen LogP contribution in [0.4, 0.5) is 0 Å². The Balaban J connectivity index is 1.53. The number of nitrogens with one attached hydrogen (secondary N) is 1. The van der Waals surface area contributed by atoms with Crippen LogP contribution >= 0.6 is 0 Å². The van der Waals surface area contributed by atoms with Gasteiger partial charge in [0.1, 0.15) is 6.04 Å². The molecule has 26 heavy (non-hydrogen) atoms. The molecule has 1 aliphatic rings. The summed E-state index contributed by atoms with van der Waals surface area (Å²) in [5.41, 5.74) is 2.39. The van der Waals surface area contributed by atoms with Crippen LogP contribution < -0.4 is 5.32 Å². The van der Waals surface area contributed by atoms with E-state index < -0.39 is 12.0 Å². The quantitative estimate of drug-likeness (QED) is 0.766. The number of likely N-dealkylation sites (tertiary alicyclic amines) is 1. The van der Waals surface area contributed by atoms with E-state index in [0.29, 0.717) is 12.3 Å². The fourth-order valence-corrected chi connectivity index (χ4v) is 3.78. The predicted octanol–water partition coefficient (Wildman–Crippen LogP) is 3.18. The molecular weight excluding hydrogens is 324 g/mol. The number of hydrogen-bond acceptors (Lipinski definition) is 3. The molecule has 2 N–H and O–H groups in total. The lowest BCUT2D eigenvalue weighted by Crippen LogP contribution is -2.47. The van der Waals surface area contributed by atoms with E-state index in [2.05, 4.69) is 41.4 Å². The second-order valence-corrected chi connectivity index (χ2v) is 7.31. The molecule has 3 atom stereocenters. The normalized spacial score (nSPS) is 20.0. The van der Waals surface area contributed by atoms with E-state index in [0.717, 1.165) is 31.6 Å². The van der Waals surface area contributed by atoms with Crippen LogP contribution in [0.5, 0.6) is 0 Å². The zero-order chi connectivity index (χ0) is 18.4. The van der Waals surface area contributed by atoms with Gasteiger partial charge in [0.2, 0.25) is 0 Å². The molecule has 0 spiro atoms. The van der Waals surface area contributed by atoms with E-state index in [9.17, 15) is 9.90 Å². The van der Waals surface area contributed by atoms with Crippen molar-refractivity contribution in [2.45, 2.75) is 38.4 Å². The molecule has 0 bridgehead atoms. The first kappa shape index (κ1) is 18.6. The number of hydrogen-bond donors (Lipinski definition) is 2. The highest BCUT2D eigenvalue weighted by molar-refractivity contribution is 5.74. The largest absolute Gasteiger partial charge is 0.480 e. The van der Waals surface area contributed by atoms with Gasteiger partial charge in [-0.2, -0.15) is 0 Å². The first-order valence-electron chi connectivity index (χ1n) is 9.41. The highest BCUT2D eigenvalue weighted by Gasteiger charge is 2.30. The minimum absolute atomic E-state index is 0.181. The first-order valence-corrected chi connectivity index (χ1v) is 9.41. The van der Waals surface area contributed by atoms with Gasteiger partial charge in [-0.3, -0.25) is 9.69 Å². The minimum Gasteiger partial charge on any atom is -0.480 e. The summed E-state index contributed by atoms with van der Waals surface area (Å²) in [6.07, 6.45) is 1.62. The third-order valence-corrected chi connectivity index (χ3v) is 5.31. The lowest BCUT2D eigenvalue weighted by molar-refractivity contribution is -0.139. The van der Waals surface area contributed by atoms with Gasteiger partial charge in [0, 0.05) is 19.1 Å². The van der Waals surface area contributed by atoms with Crippen molar-refractivity contribution in [3.63, 3.8) is 0 Å². The lowest BCUT2D eigenvalue weighted by Gasteiger charge is -2.25. The van der Waals surface area contributed by atoms with Crippen LogP contribution in [0.25, 0.3) is 0 Å². The van der Waals surface area contributed by atoms with Gasteiger partial charge >= 0.3 is 5.97 Å². The van der Waals surface area contributed by atoms with Crippen molar-refractivity contribution in [1.29, 1.82) is 0 Å². The van der Waals surface area contributed by atoms with Gasteiger partial charge in [-0.15, -0.1) is 0 Å². The second kappa shape index (κ2) is 8.97. The van der Waals surface area contributed by atoms with Crippen LogP contribution in [0.3, 0.4) is 0 Å². The molecule has 1 heterocycles. The molecule has 0 radical (unpaired) electrons. The summed E-state index contributed by atoms with van der Waals surface area (Å²) in [6, 6.07) is 20.0. The predicted molar refractivity (Wildman–Crippen MR) is 104 cm³/mol. The van der Waals surface area contributed by atoms with Crippen molar-refractivity contribution in [1.82, 2.24) is 10.2 Å². The third-order valence-electron chi connectivity index (χ3n) is 5.31. The molecule has 138 valence electrons. The molecule has 2 aromatic carbocycles. The fraction of sp³-hybridized carbons (Fsp3) is 0.409. The van der Waals surface area contributed by atoms with Gasteiger partial charge in [-0.1, -0.05) is 60.7 Å². The molecule has 4 nitrogen and oxygen atoms in total. The Kier molecular flexibility index (Phi) is 6.42. The molecule has 0 aromatic heterocycles. The summed E-state index contributed by atoms with van der Waals surface area (Å²) < 4.78 is 0. The average molecular weight is 352 g/mol. The summed E-state index contributed by atoms with van der Waals surface area (Å²) in [6.45, 7) is 5.18. The molecule has 1 fully saturated rings. The molecule has 1 saturated heterocycles. The maximum atomic E-state index is 11.7. The van der Waals surface area contributed by atoms with E-state index in [1.807, 2.05) is 36.4 Å². The Hall–Kier alpha value is -2.17. The van der Waals surface area contributed by atoms with E-state index in [1.54, 1.807) is 0 Å². The van der Waals surface area contributed by atoms with Crippen LogP contribution in [0.1, 0.15) is 24.5 Å². The number of rotatable bonds is 8. The molecule has 2 aromatic rings. The minimum atomic E-state index is -0.778. The Bertz CT molecular complexity index is 690. The zero-order valence-electron chi connectivity index (χ0n) is 15.3. The fourth-order valence-electron chi connectivity index (χ4n) is 3.78. The van der Waals surface area contributed by atoms with E-state index in [-0.39, 0.29) is 6.04 Å². The number of carboxylic acids is 1. The molecule has 2 unspecified atom stereocenters. The molecule has 0 aliphatic carbocycles. The topological polar surface area (TPSA) is 52.6 Å². The molecule has 4 heteroatoms. The highest BCUT2D eigenvalue weighted by Crippen LogP contribution is 2.22. The van der Waals surface area contributed by atoms with Gasteiger partial charge in [0.05, 0.1) is 0 Å². The average Bonchev–Trinajstić information content (AvgIpc) is 3.11. The SMILES string of the molecule is CC(N[C@@H](Cc1ccccc1)C(=O)O)C1CCN(Cc2ccccc2)C1. The van der Waals surface area contributed by atoms with Crippen molar-refractivity contribution in [3.8, 4) is 0 Å². The van der Waals surface area contributed by atoms with Gasteiger partial charge in [0.15, 0.2) is 0 Å². The van der Waals surface area contributed by atoms with Crippen molar-refractivity contribution >= 4 is 5.97 Å². The standard InChI is InChI=1S/C22H28N2O2/c1-17(23-21(22(25)26)14-18-8-4-2-5-9-18)20-12-13-24(16-20)15-19-10-6-3-7-11-19/h2-11,17,20-21,23H,12-16H2,1H3,(H,25,26)/t17?,20?,21-/m0/s1. The maximum Gasteiger partial charge on any atom is 0.321 e. The number of nitrogens with zero attached hydrogens (tertiary/aromatic N) is 1. The van der Waals surface area contributed by atoms with Gasteiger partial charge in [-0.05, 0) is 43.4 Å². The van der Waals surface area contributed by atoms with Crippen molar-refractivity contribution in [2.24, 2.45) is 5.92 Å². The van der Waals surface area contributed by atoms with E-state index in [4.69, 9.17) is 0 Å². The lowest BCUT2D eigenvalue weighted by atomic mass is 9.98. The maximum absolute atomic E-state index is 11.7. The zero-order valence-corrected chi connectivity index (χ0v) is 15.3. The molecular formula is C22H28N2O2. The summed E-state index contributed by atoms with van der Waals surface area (Å²) >= 11 is 0. The number of aliphatic carboxylic acids is 1. The highest BCUT2D eigenvalue weighted by atomic mass is 16.4. The summed E-state index contributed by atoms with van der Waals surface area (Å²) in [5.74, 6) is -0.295. The number of benzene rings is 2. The molecule has 0 saturated carbocycles. The second-order valence-electron chi connectivity index (χ2n) is 7.31. The smallest absolute Gasteiger partial charge is 0.321 e. The van der Waals surface area contributed by atoms with Crippen molar-refractivity contribution in [2.75, 3.05) is 13.1 Å². The van der Waals surface area contributed by atoms with Crippen LogP contribution in [-0.4, -0.2) is 41.1 Å². The monoisotopic (exact) mass is 352 g/mol. The van der Waals surface area contributed by atoms with Crippen LogP contribution in [-0.2, 0) is 17.8 Å². The Morgan fingerprint density at radius 1 is 1.12 bits per heavy atom. The van der Waals surface area contributed by atoms with Crippen LogP contribution in [0, 0.1) is 5.92 Å². The summed E-state index contributed by atoms with van der Waals surface area (Å²) in [5, 5.41) is 13.0. The summed E-state index contributed by atoms with van der Waals surface area (Å²) in [7, 11) is 0. The number of carbonyl (C=O) groups is 1.